The van der Waals surface area contributed by atoms with Gasteiger partial charge in [-0.2, -0.15) is 0 Å². The van der Waals surface area contributed by atoms with E-state index < -0.39 is 6.04 Å². The molecule has 0 radical (unpaired) electrons. The summed E-state index contributed by atoms with van der Waals surface area (Å²) in [4.78, 5) is 28.3. The molecule has 0 bridgehead atoms. The quantitative estimate of drug-likeness (QED) is 0.419. The first-order chi connectivity index (χ1) is 15.9. The molecule has 3 rings (SSSR count). The van der Waals surface area contributed by atoms with Crippen LogP contribution in [-0.4, -0.2) is 35.4 Å². The second-order valence-corrected chi connectivity index (χ2v) is 9.03. The molecule has 3 aromatic carbocycles. The van der Waals surface area contributed by atoms with Crippen LogP contribution in [0.2, 0.25) is 0 Å². The lowest BCUT2D eigenvalue weighted by Gasteiger charge is -2.32. The number of halogens is 1. The number of benzene rings is 3. The molecule has 0 saturated carbocycles. The van der Waals surface area contributed by atoms with Crippen molar-refractivity contribution in [3.05, 3.63) is 101 Å². The molecule has 0 fully saturated rings. The molecule has 5 nitrogen and oxygen atoms in total. The monoisotopic (exact) mass is 508 g/mol. The molecule has 0 saturated heterocycles. The normalized spacial score (nSPS) is 11.6. The zero-order valence-corrected chi connectivity index (χ0v) is 20.5. The minimum atomic E-state index is -0.670. The van der Waals surface area contributed by atoms with Crippen LogP contribution >= 0.6 is 15.9 Å². The highest BCUT2D eigenvalue weighted by Gasteiger charge is 2.31. The molecule has 2 amide bonds. The fourth-order valence-corrected chi connectivity index (χ4v) is 3.74. The van der Waals surface area contributed by atoms with E-state index in [0.29, 0.717) is 18.7 Å². The molecule has 172 valence electrons. The number of carbonyl (C=O) groups is 2. The zero-order valence-electron chi connectivity index (χ0n) is 18.9. The molecule has 0 spiro atoms. The maximum Gasteiger partial charge on any atom is 0.261 e. The van der Waals surface area contributed by atoms with Gasteiger partial charge in [0.25, 0.3) is 5.91 Å². The van der Waals surface area contributed by atoms with Gasteiger partial charge in [0, 0.05) is 23.5 Å². The predicted molar refractivity (Wildman–Crippen MR) is 134 cm³/mol. The summed E-state index contributed by atoms with van der Waals surface area (Å²) in [6.07, 6.45) is 0.413. The number of nitrogens with one attached hydrogen (secondary N) is 1. The lowest BCUT2D eigenvalue weighted by atomic mass is 10.0. The zero-order chi connectivity index (χ0) is 23.6. The number of hydrogen-bond acceptors (Lipinski definition) is 3. The number of ether oxygens (including phenoxy) is 1. The second kappa shape index (κ2) is 12.2. The number of rotatable bonds is 10. The van der Waals surface area contributed by atoms with Gasteiger partial charge in [0.05, 0.1) is 0 Å². The van der Waals surface area contributed by atoms with Gasteiger partial charge in [-0.1, -0.05) is 76.6 Å². The third-order valence-corrected chi connectivity index (χ3v) is 5.60. The van der Waals surface area contributed by atoms with Crippen LogP contribution in [0.15, 0.2) is 89.4 Å². The van der Waals surface area contributed by atoms with Crippen molar-refractivity contribution in [2.24, 2.45) is 0 Å². The Morgan fingerprint density at radius 2 is 1.45 bits per heavy atom. The average molecular weight is 509 g/mol. The molecule has 0 aliphatic heterocycles. The SMILES string of the molecule is CC(C)NC(=O)[C@@H](Cc1ccccc1)N(Cc1ccccc1)C(=O)COc1ccc(Br)cc1. The van der Waals surface area contributed by atoms with Gasteiger partial charge >= 0.3 is 0 Å². The van der Waals surface area contributed by atoms with Crippen LogP contribution in [0.4, 0.5) is 0 Å². The van der Waals surface area contributed by atoms with Crippen molar-refractivity contribution in [2.75, 3.05) is 6.61 Å². The molecule has 0 heterocycles. The van der Waals surface area contributed by atoms with E-state index in [1.54, 1.807) is 17.0 Å². The van der Waals surface area contributed by atoms with Crippen LogP contribution in [-0.2, 0) is 22.6 Å². The van der Waals surface area contributed by atoms with Gasteiger partial charge in [-0.25, -0.2) is 0 Å². The van der Waals surface area contributed by atoms with E-state index in [0.717, 1.165) is 15.6 Å². The van der Waals surface area contributed by atoms with Gasteiger partial charge in [-0.3, -0.25) is 9.59 Å². The van der Waals surface area contributed by atoms with Gasteiger partial charge in [-0.15, -0.1) is 0 Å². The van der Waals surface area contributed by atoms with Crippen LogP contribution < -0.4 is 10.1 Å². The molecule has 0 aliphatic carbocycles. The van der Waals surface area contributed by atoms with E-state index >= 15 is 0 Å². The van der Waals surface area contributed by atoms with E-state index in [1.165, 1.54) is 0 Å². The number of hydrogen-bond donors (Lipinski definition) is 1. The molecule has 6 heteroatoms. The van der Waals surface area contributed by atoms with Crippen molar-refractivity contribution in [1.29, 1.82) is 0 Å². The molecule has 1 N–H and O–H groups in total. The molecular weight excluding hydrogens is 480 g/mol. The molecule has 33 heavy (non-hydrogen) atoms. The smallest absolute Gasteiger partial charge is 0.261 e. The highest BCUT2D eigenvalue weighted by Crippen LogP contribution is 2.18. The van der Waals surface area contributed by atoms with Gasteiger partial charge in [-0.05, 0) is 49.2 Å². The van der Waals surface area contributed by atoms with Crippen LogP contribution in [0.3, 0.4) is 0 Å². The molecule has 3 aromatic rings. The lowest BCUT2D eigenvalue weighted by molar-refractivity contribution is -0.143. The Bertz CT molecular complexity index is 1020. The van der Waals surface area contributed by atoms with Crippen LogP contribution in [0, 0.1) is 0 Å². The average Bonchev–Trinajstić information content (AvgIpc) is 2.81. The summed E-state index contributed by atoms with van der Waals surface area (Å²) in [6, 6.07) is 26.0. The summed E-state index contributed by atoms with van der Waals surface area (Å²) >= 11 is 3.40. The van der Waals surface area contributed by atoms with E-state index in [9.17, 15) is 9.59 Å². The van der Waals surface area contributed by atoms with Gasteiger partial charge in [0.1, 0.15) is 11.8 Å². The van der Waals surface area contributed by atoms with Crippen LogP contribution in [0.25, 0.3) is 0 Å². The Kier molecular flexibility index (Phi) is 9.07. The van der Waals surface area contributed by atoms with E-state index in [2.05, 4.69) is 21.2 Å². The highest BCUT2D eigenvalue weighted by molar-refractivity contribution is 9.10. The molecule has 1 atom stereocenters. The summed E-state index contributed by atoms with van der Waals surface area (Å²) in [6.45, 7) is 3.98. The van der Waals surface area contributed by atoms with Gasteiger partial charge in [0.15, 0.2) is 6.61 Å². The number of nitrogens with zero attached hydrogens (tertiary/aromatic N) is 1. The molecule has 0 aromatic heterocycles. The lowest BCUT2D eigenvalue weighted by Crippen LogP contribution is -2.52. The van der Waals surface area contributed by atoms with Crippen molar-refractivity contribution in [1.82, 2.24) is 10.2 Å². The van der Waals surface area contributed by atoms with E-state index in [4.69, 9.17) is 4.74 Å². The number of amides is 2. The third kappa shape index (κ3) is 7.75. The molecule has 0 unspecified atom stereocenters. The first kappa shape index (κ1) is 24.5. The van der Waals surface area contributed by atoms with Crippen LogP contribution in [0.5, 0.6) is 5.75 Å². The first-order valence-corrected chi connectivity index (χ1v) is 11.8. The minimum Gasteiger partial charge on any atom is -0.484 e. The first-order valence-electron chi connectivity index (χ1n) is 11.0. The fourth-order valence-electron chi connectivity index (χ4n) is 3.47. The highest BCUT2D eigenvalue weighted by atomic mass is 79.9. The van der Waals surface area contributed by atoms with Crippen molar-refractivity contribution < 1.29 is 14.3 Å². The van der Waals surface area contributed by atoms with Crippen molar-refractivity contribution in [3.63, 3.8) is 0 Å². The van der Waals surface area contributed by atoms with Crippen molar-refractivity contribution in [3.8, 4) is 5.75 Å². The standard InChI is InChI=1S/C27H29BrN2O3/c1-20(2)29-27(32)25(17-21-9-5-3-6-10-21)30(18-22-11-7-4-8-12-22)26(31)19-33-24-15-13-23(28)14-16-24/h3-16,20,25H,17-19H2,1-2H3,(H,29,32)/t25-/m1/s1. The maximum atomic E-state index is 13.4. The fraction of sp³-hybridized carbons (Fsp3) is 0.259. The predicted octanol–water partition coefficient (Wildman–Crippen LogP) is 4.99. The molecular formula is C27H29BrN2O3. The van der Waals surface area contributed by atoms with E-state index in [-0.39, 0.29) is 24.5 Å². The Labute approximate surface area is 203 Å². The Balaban J connectivity index is 1.87. The van der Waals surface area contributed by atoms with Gasteiger partial charge < -0.3 is 15.0 Å². The summed E-state index contributed by atoms with van der Waals surface area (Å²) in [5.74, 6) is 0.167. The van der Waals surface area contributed by atoms with E-state index in [1.807, 2.05) is 86.6 Å². The summed E-state index contributed by atoms with van der Waals surface area (Å²) < 4.78 is 6.69. The summed E-state index contributed by atoms with van der Waals surface area (Å²) in [5, 5.41) is 2.99. The second-order valence-electron chi connectivity index (χ2n) is 8.12. The largest absolute Gasteiger partial charge is 0.484 e. The number of carbonyl (C=O) groups excluding carboxylic acids is 2. The summed E-state index contributed by atoms with van der Waals surface area (Å²) in [7, 11) is 0. The minimum absolute atomic E-state index is 0.0385. The Morgan fingerprint density at radius 3 is 2.03 bits per heavy atom. The topological polar surface area (TPSA) is 58.6 Å². The van der Waals surface area contributed by atoms with Crippen molar-refractivity contribution >= 4 is 27.7 Å². The van der Waals surface area contributed by atoms with Crippen LogP contribution in [0.1, 0.15) is 25.0 Å². The summed E-state index contributed by atoms with van der Waals surface area (Å²) in [5.41, 5.74) is 1.94. The third-order valence-electron chi connectivity index (χ3n) is 5.07. The van der Waals surface area contributed by atoms with Crippen molar-refractivity contribution in [2.45, 2.75) is 38.9 Å². The molecule has 0 aliphatic rings. The Hall–Kier alpha value is -3.12. The Morgan fingerprint density at radius 1 is 0.879 bits per heavy atom. The maximum absolute atomic E-state index is 13.4. The van der Waals surface area contributed by atoms with Gasteiger partial charge in [0.2, 0.25) is 5.91 Å².